The lowest BCUT2D eigenvalue weighted by Crippen LogP contribution is -2.45. The van der Waals surface area contributed by atoms with Gasteiger partial charge in [-0.1, -0.05) is 12.1 Å². The lowest BCUT2D eigenvalue weighted by Gasteiger charge is -2.35. The number of amides is 1. The number of hydrogen-bond acceptors (Lipinski definition) is 4. The van der Waals surface area contributed by atoms with Crippen molar-refractivity contribution in [3.05, 3.63) is 42.2 Å². The first-order valence-corrected chi connectivity index (χ1v) is 8.75. The number of nitrogens with zero attached hydrogens (tertiary/aromatic N) is 2. The molecule has 1 atom stereocenters. The van der Waals surface area contributed by atoms with Gasteiger partial charge in [0.2, 0.25) is 0 Å². The average Bonchev–Trinajstić information content (AvgIpc) is 3.17. The zero-order valence-electron chi connectivity index (χ0n) is 14.4. The van der Waals surface area contributed by atoms with Gasteiger partial charge < -0.3 is 14.6 Å². The van der Waals surface area contributed by atoms with E-state index in [9.17, 15) is 9.59 Å². The minimum Gasteiger partial charge on any atom is -0.466 e. The van der Waals surface area contributed by atoms with Gasteiger partial charge in [-0.25, -0.2) is 4.98 Å². The summed E-state index contributed by atoms with van der Waals surface area (Å²) in [4.78, 5) is 34.0. The molecular weight excluding hydrogens is 318 g/mol. The van der Waals surface area contributed by atoms with Gasteiger partial charge in [0.25, 0.3) is 5.91 Å². The molecule has 0 spiro atoms. The topological polar surface area (TPSA) is 75.3 Å². The number of carbonyl (C=O) groups is 2. The zero-order chi connectivity index (χ0) is 17.6. The highest BCUT2D eigenvalue weighted by atomic mass is 16.5. The van der Waals surface area contributed by atoms with Crippen molar-refractivity contribution < 1.29 is 14.3 Å². The number of H-pyrrole nitrogens is 1. The summed E-state index contributed by atoms with van der Waals surface area (Å²) in [7, 11) is 0. The molecule has 1 fully saturated rings. The number of benzene rings is 1. The summed E-state index contributed by atoms with van der Waals surface area (Å²) in [5.74, 6) is 0.454. The number of imidazole rings is 1. The minimum absolute atomic E-state index is 0.0394. The van der Waals surface area contributed by atoms with Crippen LogP contribution in [0.3, 0.4) is 0 Å². The van der Waals surface area contributed by atoms with E-state index in [0.717, 1.165) is 30.7 Å². The van der Waals surface area contributed by atoms with Gasteiger partial charge in [-0.3, -0.25) is 9.59 Å². The standard InChI is InChI=1S/C19H23N3O3/c1-2-25-17(23)13-16-8-3-4-11-22(16)19(24)15-7-5-6-14(12-15)18-20-9-10-21-18/h5-7,9-10,12,16H,2-4,8,11,13H2,1H3,(H,20,21). The molecule has 3 rings (SSSR count). The maximum Gasteiger partial charge on any atom is 0.307 e. The fourth-order valence-electron chi connectivity index (χ4n) is 3.28. The molecule has 1 amide bonds. The van der Waals surface area contributed by atoms with E-state index in [0.29, 0.717) is 18.7 Å². The van der Waals surface area contributed by atoms with E-state index in [1.54, 1.807) is 19.3 Å². The van der Waals surface area contributed by atoms with E-state index in [1.807, 2.05) is 29.2 Å². The van der Waals surface area contributed by atoms with Gasteiger partial charge in [0.15, 0.2) is 0 Å². The van der Waals surface area contributed by atoms with Crippen LogP contribution in [0.2, 0.25) is 0 Å². The molecular formula is C19H23N3O3. The molecule has 1 saturated heterocycles. The predicted molar refractivity (Wildman–Crippen MR) is 93.9 cm³/mol. The number of ether oxygens (including phenoxy) is 1. The monoisotopic (exact) mass is 341 g/mol. The van der Waals surface area contributed by atoms with Gasteiger partial charge >= 0.3 is 5.97 Å². The van der Waals surface area contributed by atoms with Crippen LogP contribution in [0.15, 0.2) is 36.7 Å². The summed E-state index contributed by atoms with van der Waals surface area (Å²) in [6.45, 7) is 2.83. The summed E-state index contributed by atoms with van der Waals surface area (Å²) < 4.78 is 5.06. The highest BCUT2D eigenvalue weighted by molar-refractivity contribution is 5.95. The van der Waals surface area contributed by atoms with Crippen LogP contribution >= 0.6 is 0 Å². The van der Waals surface area contributed by atoms with Crippen LogP contribution < -0.4 is 0 Å². The van der Waals surface area contributed by atoms with Gasteiger partial charge in [-0.05, 0) is 38.3 Å². The Morgan fingerprint density at radius 2 is 2.24 bits per heavy atom. The molecule has 1 aromatic carbocycles. The fourth-order valence-corrected chi connectivity index (χ4v) is 3.28. The second-order valence-corrected chi connectivity index (χ2v) is 6.18. The Balaban J connectivity index is 1.78. The summed E-state index contributed by atoms with van der Waals surface area (Å²) >= 11 is 0. The van der Waals surface area contributed by atoms with Crippen LogP contribution in [-0.4, -0.2) is 45.9 Å². The minimum atomic E-state index is -0.239. The first kappa shape index (κ1) is 17.2. The number of esters is 1. The van der Waals surface area contributed by atoms with Crippen LogP contribution in [0.5, 0.6) is 0 Å². The maximum atomic E-state index is 13.0. The van der Waals surface area contributed by atoms with Crippen molar-refractivity contribution in [2.75, 3.05) is 13.2 Å². The fraction of sp³-hybridized carbons (Fsp3) is 0.421. The van der Waals surface area contributed by atoms with E-state index in [2.05, 4.69) is 9.97 Å². The third-order valence-corrected chi connectivity index (χ3v) is 4.48. The highest BCUT2D eigenvalue weighted by Gasteiger charge is 2.29. The van der Waals surface area contributed by atoms with Gasteiger partial charge in [0.05, 0.1) is 13.0 Å². The Hall–Kier alpha value is -2.63. The van der Waals surface area contributed by atoms with Crippen LogP contribution in [-0.2, 0) is 9.53 Å². The third-order valence-electron chi connectivity index (χ3n) is 4.48. The van der Waals surface area contributed by atoms with Crippen molar-refractivity contribution in [1.29, 1.82) is 0 Å². The molecule has 0 saturated carbocycles. The molecule has 25 heavy (non-hydrogen) atoms. The third kappa shape index (κ3) is 4.07. The van der Waals surface area contributed by atoms with Crippen LogP contribution in [0.4, 0.5) is 0 Å². The Kier molecular flexibility index (Phi) is 5.48. The molecule has 6 nitrogen and oxygen atoms in total. The van der Waals surface area contributed by atoms with Crippen LogP contribution in [0.1, 0.15) is 43.0 Å². The number of rotatable bonds is 5. The molecule has 1 aliphatic rings. The van der Waals surface area contributed by atoms with E-state index in [1.165, 1.54) is 0 Å². The Bertz CT molecular complexity index is 727. The van der Waals surface area contributed by atoms with Crippen LogP contribution in [0, 0.1) is 0 Å². The van der Waals surface area contributed by atoms with Crippen molar-refractivity contribution in [3.63, 3.8) is 0 Å². The van der Waals surface area contributed by atoms with Crippen molar-refractivity contribution in [2.45, 2.75) is 38.6 Å². The number of nitrogens with one attached hydrogen (secondary N) is 1. The molecule has 2 heterocycles. The molecule has 0 aliphatic carbocycles. The molecule has 1 unspecified atom stereocenters. The van der Waals surface area contributed by atoms with E-state index >= 15 is 0 Å². The quantitative estimate of drug-likeness (QED) is 0.848. The average molecular weight is 341 g/mol. The Morgan fingerprint density at radius 3 is 3.00 bits per heavy atom. The molecule has 1 aromatic heterocycles. The summed E-state index contributed by atoms with van der Waals surface area (Å²) in [6, 6.07) is 7.34. The van der Waals surface area contributed by atoms with Gasteiger partial charge in [-0.2, -0.15) is 0 Å². The molecule has 0 bridgehead atoms. The van der Waals surface area contributed by atoms with E-state index in [-0.39, 0.29) is 24.3 Å². The molecule has 1 N–H and O–H groups in total. The summed E-state index contributed by atoms with van der Waals surface area (Å²) in [5, 5.41) is 0. The maximum absolute atomic E-state index is 13.0. The molecule has 132 valence electrons. The number of carbonyl (C=O) groups excluding carboxylic acids is 2. The second kappa shape index (κ2) is 7.96. The van der Waals surface area contributed by atoms with Gasteiger partial charge in [-0.15, -0.1) is 0 Å². The summed E-state index contributed by atoms with van der Waals surface area (Å²) in [6.07, 6.45) is 6.52. The largest absolute Gasteiger partial charge is 0.466 e. The van der Waals surface area contributed by atoms with Gasteiger partial charge in [0, 0.05) is 36.1 Å². The highest BCUT2D eigenvalue weighted by Crippen LogP contribution is 2.24. The number of aromatic amines is 1. The first-order chi connectivity index (χ1) is 12.2. The van der Waals surface area contributed by atoms with E-state index in [4.69, 9.17) is 4.74 Å². The second-order valence-electron chi connectivity index (χ2n) is 6.18. The van der Waals surface area contributed by atoms with Crippen molar-refractivity contribution in [1.82, 2.24) is 14.9 Å². The Labute approximate surface area is 147 Å². The molecule has 0 radical (unpaired) electrons. The number of aromatic nitrogens is 2. The van der Waals surface area contributed by atoms with Crippen molar-refractivity contribution in [2.24, 2.45) is 0 Å². The molecule has 1 aliphatic heterocycles. The number of likely N-dealkylation sites (tertiary alicyclic amines) is 1. The zero-order valence-corrected chi connectivity index (χ0v) is 14.4. The molecule has 2 aromatic rings. The number of piperidine rings is 1. The summed E-state index contributed by atoms with van der Waals surface area (Å²) in [5.41, 5.74) is 1.49. The predicted octanol–water partition coefficient (Wildman–Crippen LogP) is 3.02. The lowest BCUT2D eigenvalue weighted by molar-refractivity contribution is -0.144. The number of hydrogen-bond donors (Lipinski definition) is 1. The molecule has 6 heteroatoms. The normalized spacial score (nSPS) is 17.3. The van der Waals surface area contributed by atoms with Crippen LogP contribution in [0.25, 0.3) is 11.4 Å². The van der Waals surface area contributed by atoms with Crippen molar-refractivity contribution in [3.8, 4) is 11.4 Å². The van der Waals surface area contributed by atoms with Gasteiger partial charge in [0.1, 0.15) is 5.82 Å². The smallest absolute Gasteiger partial charge is 0.307 e. The van der Waals surface area contributed by atoms with Crippen molar-refractivity contribution >= 4 is 11.9 Å². The lowest BCUT2D eigenvalue weighted by atomic mass is 9.98. The Morgan fingerprint density at radius 1 is 1.36 bits per heavy atom. The van der Waals surface area contributed by atoms with E-state index < -0.39 is 0 Å². The SMILES string of the molecule is CCOC(=O)CC1CCCCN1C(=O)c1cccc(-c2ncc[nH]2)c1. The first-order valence-electron chi connectivity index (χ1n) is 8.75.